The summed E-state index contributed by atoms with van der Waals surface area (Å²) >= 11 is 1.80. The number of para-hydroxylation sites is 1. The van der Waals surface area contributed by atoms with Gasteiger partial charge in [-0.2, -0.15) is 0 Å². The maximum absolute atomic E-state index is 12.2. The Kier molecular flexibility index (Phi) is 4.75. The highest BCUT2D eigenvalue weighted by Crippen LogP contribution is 2.32. The Labute approximate surface area is 119 Å². The van der Waals surface area contributed by atoms with Crippen LogP contribution in [0, 0.1) is 10.8 Å². The van der Waals surface area contributed by atoms with Gasteiger partial charge in [0.1, 0.15) is 5.75 Å². The van der Waals surface area contributed by atoms with Crippen molar-refractivity contribution in [3.05, 3.63) is 34.7 Å². The van der Waals surface area contributed by atoms with E-state index in [9.17, 15) is 4.91 Å². The van der Waals surface area contributed by atoms with E-state index >= 15 is 0 Å². The number of aliphatic imine (C=N–C) groups is 1. The molecule has 1 aliphatic rings. The first kappa shape index (κ1) is 14.3. The first-order valence-corrected chi connectivity index (χ1v) is 7.95. The molecule has 0 saturated carbocycles. The maximum Gasteiger partial charge on any atom is 0.347 e. The molecule has 0 aromatic heterocycles. The van der Waals surface area contributed by atoms with Crippen LogP contribution in [-0.2, 0) is 0 Å². The molecule has 1 aliphatic heterocycles. The second-order valence-corrected chi connectivity index (χ2v) is 6.43. The average molecular weight is 277 g/mol. The molecule has 102 valence electrons. The Balaban J connectivity index is 2.05. The van der Waals surface area contributed by atoms with Gasteiger partial charge in [0.05, 0.1) is 5.56 Å². The number of benzene rings is 1. The fourth-order valence-corrected chi connectivity index (χ4v) is 3.22. The van der Waals surface area contributed by atoms with E-state index in [0.717, 1.165) is 21.8 Å². The summed E-state index contributed by atoms with van der Waals surface area (Å²) in [5, 5.41) is 0. The number of fused-ring (bicyclic) bond motifs is 1. The van der Waals surface area contributed by atoms with Crippen LogP contribution in [0.4, 0.5) is 5.69 Å². The zero-order chi connectivity index (χ0) is 13.8. The SMILES string of the molecule is CC(C)CCSCC1=Nc2ccccc2C(C)[N+]1=O. The summed E-state index contributed by atoms with van der Waals surface area (Å²) in [7, 11) is 0. The van der Waals surface area contributed by atoms with Gasteiger partial charge in [0.25, 0.3) is 0 Å². The molecule has 1 aromatic rings. The third-order valence-corrected chi connectivity index (χ3v) is 4.30. The highest BCUT2D eigenvalue weighted by atomic mass is 32.2. The van der Waals surface area contributed by atoms with E-state index in [1.807, 2.05) is 31.2 Å². The summed E-state index contributed by atoms with van der Waals surface area (Å²) in [5.41, 5.74) is 1.97. The van der Waals surface area contributed by atoms with E-state index < -0.39 is 0 Å². The monoisotopic (exact) mass is 277 g/mol. The Morgan fingerprint density at radius 3 is 2.84 bits per heavy atom. The van der Waals surface area contributed by atoms with Crippen LogP contribution in [0.15, 0.2) is 29.3 Å². The molecule has 1 atom stereocenters. The second kappa shape index (κ2) is 6.33. The van der Waals surface area contributed by atoms with Gasteiger partial charge in [0.2, 0.25) is 0 Å². The third kappa shape index (κ3) is 3.44. The molecular weight excluding hydrogens is 256 g/mol. The van der Waals surface area contributed by atoms with Crippen LogP contribution in [0.2, 0.25) is 0 Å². The standard InChI is InChI=1S/C15H21N2OS/c1-11(2)8-9-19-10-15-16-14-7-5-4-6-13(14)12(3)17(15)18/h4-7,11-12H,8-10H2,1-3H3/q+1. The molecule has 0 spiro atoms. The topological polar surface area (TPSA) is 32.4 Å². The first-order valence-electron chi connectivity index (χ1n) is 6.80. The highest BCUT2D eigenvalue weighted by molar-refractivity contribution is 7.99. The molecule has 0 amide bonds. The van der Waals surface area contributed by atoms with Gasteiger partial charge in [0.15, 0.2) is 11.7 Å². The summed E-state index contributed by atoms with van der Waals surface area (Å²) in [6.45, 7) is 6.38. The largest absolute Gasteiger partial charge is 0.347 e. The van der Waals surface area contributed by atoms with E-state index in [1.54, 1.807) is 11.8 Å². The van der Waals surface area contributed by atoms with Crippen LogP contribution in [0.25, 0.3) is 0 Å². The van der Waals surface area contributed by atoms with Gasteiger partial charge in [-0.15, -0.1) is 11.8 Å². The summed E-state index contributed by atoms with van der Waals surface area (Å²) in [6.07, 6.45) is 1.18. The summed E-state index contributed by atoms with van der Waals surface area (Å²) in [5.74, 6) is 3.15. The highest BCUT2D eigenvalue weighted by Gasteiger charge is 2.33. The van der Waals surface area contributed by atoms with Crippen molar-refractivity contribution in [2.75, 3.05) is 11.5 Å². The molecule has 1 unspecified atom stereocenters. The quantitative estimate of drug-likeness (QED) is 0.592. The van der Waals surface area contributed by atoms with E-state index in [0.29, 0.717) is 17.5 Å². The smallest absolute Gasteiger partial charge is 0.149 e. The van der Waals surface area contributed by atoms with Crippen molar-refractivity contribution in [1.82, 2.24) is 0 Å². The van der Waals surface area contributed by atoms with Crippen molar-refractivity contribution in [1.29, 1.82) is 0 Å². The van der Waals surface area contributed by atoms with E-state index in [2.05, 4.69) is 18.8 Å². The number of hydrogen-bond acceptors (Lipinski definition) is 3. The zero-order valence-electron chi connectivity index (χ0n) is 11.8. The summed E-state index contributed by atoms with van der Waals surface area (Å²) in [6, 6.07) is 7.77. The fourth-order valence-electron chi connectivity index (χ4n) is 2.06. The molecule has 2 rings (SSSR count). The first-order chi connectivity index (χ1) is 9.09. The van der Waals surface area contributed by atoms with E-state index in [1.165, 1.54) is 6.42 Å². The zero-order valence-corrected chi connectivity index (χ0v) is 12.6. The molecule has 0 fully saturated rings. The molecule has 1 aromatic carbocycles. The van der Waals surface area contributed by atoms with Gasteiger partial charge < -0.3 is 0 Å². The Morgan fingerprint density at radius 1 is 1.37 bits per heavy atom. The molecular formula is C15H21N2OS+. The van der Waals surface area contributed by atoms with Crippen molar-refractivity contribution < 1.29 is 4.76 Å². The minimum absolute atomic E-state index is 0.130. The predicted octanol–water partition coefficient (Wildman–Crippen LogP) is 4.35. The number of thioether (sulfide) groups is 1. The molecule has 1 heterocycles. The van der Waals surface area contributed by atoms with E-state index in [4.69, 9.17) is 0 Å². The number of hydrogen-bond donors (Lipinski definition) is 0. The van der Waals surface area contributed by atoms with Crippen LogP contribution in [-0.4, -0.2) is 22.1 Å². The minimum Gasteiger partial charge on any atom is -0.149 e. The molecule has 3 nitrogen and oxygen atoms in total. The maximum atomic E-state index is 12.2. The van der Waals surface area contributed by atoms with Crippen LogP contribution < -0.4 is 0 Å². The van der Waals surface area contributed by atoms with Crippen LogP contribution in [0.1, 0.15) is 38.8 Å². The third-order valence-electron chi connectivity index (χ3n) is 3.31. The van der Waals surface area contributed by atoms with Gasteiger partial charge in [-0.1, -0.05) is 37.0 Å². The molecule has 0 radical (unpaired) electrons. The van der Waals surface area contributed by atoms with Crippen molar-refractivity contribution in [2.45, 2.75) is 33.2 Å². The lowest BCUT2D eigenvalue weighted by molar-refractivity contribution is -0.480. The normalized spacial score (nSPS) is 18.4. The van der Waals surface area contributed by atoms with Crippen molar-refractivity contribution >= 4 is 23.3 Å². The van der Waals surface area contributed by atoms with Gasteiger partial charge in [0, 0.05) is 0 Å². The Morgan fingerprint density at radius 2 is 2.11 bits per heavy atom. The van der Waals surface area contributed by atoms with Crippen LogP contribution in [0.5, 0.6) is 0 Å². The number of nitroso groups, excluding NO2 is 1. The number of amidine groups is 1. The Hall–Kier alpha value is -1.16. The fraction of sp³-hybridized carbons (Fsp3) is 0.533. The molecule has 0 saturated heterocycles. The van der Waals surface area contributed by atoms with Gasteiger partial charge in [-0.25, -0.2) is 0 Å². The lowest BCUT2D eigenvalue weighted by atomic mass is 10.0. The summed E-state index contributed by atoms with van der Waals surface area (Å²) < 4.78 is 1.06. The molecule has 0 N–H and O–H groups in total. The van der Waals surface area contributed by atoms with Crippen LogP contribution in [0.3, 0.4) is 0 Å². The van der Waals surface area contributed by atoms with Crippen molar-refractivity contribution in [2.24, 2.45) is 10.9 Å². The molecule has 0 aliphatic carbocycles. The lowest BCUT2D eigenvalue weighted by Gasteiger charge is -2.13. The second-order valence-electron chi connectivity index (χ2n) is 5.32. The molecule has 19 heavy (non-hydrogen) atoms. The van der Waals surface area contributed by atoms with Crippen molar-refractivity contribution in [3.63, 3.8) is 0 Å². The molecule has 4 heteroatoms. The lowest BCUT2D eigenvalue weighted by Crippen LogP contribution is -2.26. The van der Waals surface area contributed by atoms with E-state index in [-0.39, 0.29) is 6.04 Å². The minimum atomic E-state index is -0.130. The van der Waals surface area contributed by atoms with Gasteiger partial charge in [-0.05, 0) is 40.8 Å². The Bertz CT molecular complexity index is 497. The van der Waals surface area contributed by atoms with Crippen LogP contribution >= 0.6 is 11.8 Å². The van der Waals surface area contributed by atoms with Gasteiger partial charge >= 0.3 is 5.84 Å². The number of rotatable bonds is 5. The molecule has 0 bridgehead atoms. The summed E-state index contributed by atoms with van der Waals surface area (Å²) in [4.78, 5) is 16.7. The van der Waals surface area contributed by atoms with Crippen molar-refractivity contribution in [3.8, 4) is 0 Å². The number of nitrogens with zero attached hydrogens (tertiary/aromatic N) is 2. The predicted molar refractivity (Wildman–Crippen MR) is 82.4 cm³/mol. The van der Waals surface area contributed by atoms with Gasteiger partial charge in [-0.3, -0.25) is 0 Å². The average Bonchev–Trinajstić information content (AvgIpc) is 2.40.